The van der Waals surface area contributed by atoms with Crippen molar-refractivity contribution >= 4 is 35.0 Å². The molecule has 174 valence electrons. The molecule has 3 aromatic carbocycles. The molecule has 0 fully saturated rings. The van der Waals surface area contributed by atoms with E-state index in [0.717, 1.165) is 21.0 Å². The molecule has 0 aliphatic carbocycles. The van der Waals surface area contributed by atoms with Crippen LogP contribution in [0.5, 0.6) is 0 Å². The molecule has 35 heavy (non-hydrogen) atoms. The lowest BCUT2D eigenvalue weighted by atomic mass is 10.0. The summed E-state index contributed by atoms with van der Waals surface area (Å²) in [4.78, 5) is 29.6. The van der Waals surface area contributed by atoms with Crippen LogP contribution in [0.25, 0.3) is 0 Å². The molecule has 0 radical (unpaired) electrons. The molecule has 2 amide bonds. The van der Waals surface area contributed by atoms with E-state index in [1.807, 2.05) is 42.5 Å². The molecule has 1 aliphatic heterocycles. The number of carbonyl (C=O) groups excluding carboxylic acids is 2. The van der Waals surface area contributed by atoms with E-state index in [2.05, 4.69) is 17.3 Å². The summed E-state index contributed by atoms with van der Waals surface area (Å²) in [6, 6.07) is 22.2. The van der Waals surface area contributed by atoms with Crippen LogP contribution in [0.2, 0.25) is 0 Å². The Bertz CT molecular complexity index is 1360. The van der Waals surface area contributed by atoms with Gasteiger partial charge in [-0.1, -0.05) is 41.9 Å². The first-order valence-corrected chi connectivity index (χ1v) is 11.9. The number of nitrogens with one attached hydrogen (secondary N) is 1. The first kappa shape index (κ1) is 24.1. The number of nitrogens with zero attached hydrogens (tertiary/aromatic N) is 2. The normalized spacial score (nSPS) is 13.0. The Morgan fingerprint density at radius 2 is 1.97 bits per heavy atom. The van der Waals surface area contributed by atoms with Crippen molar-refractivity contribution in [3.63, 3.8) is 0 Å². The minimum absolute atomic E-state index is 0.114. The lowest BCUT2D eigenvalue weighted by Gasteiger charge is -2.23. The zero-order valence-electron chi connectivity index (χ0n) is 19.2. The maximum atomic E-state index is 13.3. The summed E-state index contributed by atoms with van der Waals surface area (Å²) < 4.78 is 5.42. The van der Waals surface area contributed by atoms with E-state index in [1.54, 1.807) is 36.1 Å². The van der Waals surface area contributed by atoms with E-state index in [9.17, 15) is 14.9 Å². The summed E-state index contributed by atoms with van der Waals surface area (Å²) in [5.74, 6) is 1.74. The van der Waals surface area contributed by atoms with Crippen molar-refractivity contribution in [3.05, 3.63) is 83.4 Å². The molecular weight excluding hydrogens is 458 g/mol. The fraction of sp³-hybridized carbons (Fsp3) is 0.179. The number of amides is 2. The molecule has 0 aromatic heterocycles. The third-order valence-electron chi connectivity index (χ3n) is 5.58. The molecule has 3 aromatic rings. The van der Waals surface area contributed by atoms with Crippen LogP contribution in [0.4, 0.5) is 11.4 Å². The van der Waals surface area contributed by atoms with Crippen LogP contribution in [-0.2, 0) is 4.74 Å². The van der Waals surface area contributed by atoms with Crippen molar-refractivity contribution in [1.29, 1.82) is 5.26 Å². The van der Waals surface area contributed by atoms with Gasteiger partial charge in [0, 0.05) is 27.6 Å². The fourth-order valence-electron chi connectivity index (χ4n) is 3.74. The summed E-state index contributed by atoms with van der Waals surface area (Å²) in [6.45, 7) is 2.62. The Hall–Kier alpha value is -4.04. The molecule has 0 bridgehead atoms. The van der Waals surface area contributed by atoms with Crippen LogP contribution in [0, 0.1) is 23.7 Å². The van der Waals surface area contributed by atoms with Crippen molar-refractivity contribution in [1.82, 2.24) is 0 Å². The molecule has 1 aliphatic rings. The number of ether oxygens (including phenoxy) is 1. The van der Waals surface area contributed by atoms with Crippen molar-refractivity contribution < 1.29 is 14.3 Å². The molecule has 7 heteroatoms. The van der Waals surface area contributed by atoms with Crippen LogP contribution in [-0.4, -0.2) is 31.6 Å². The van der Waals surface area contributed by atoms with Crippen molar-refractivity contribution in [2.45, 2.75) is 22.6 Å². The third kappa shape index (κ3) is 5.38. The van der Waals surface area contributed by atoms with Gasteiger partial charge in [-0.3, -0.25) is 9.59 Å². The van der Waals surface area contributed by atoms with E-state index in [4.69, 9.17) is 11.2 Å². The highest BCUT2D eigenvalue weighted by Crippen LogP contribution is 2.42. The number of anilines is 2. The number of terminal acetylenes is 1. The summed E-state index contributed by atoms with van der Waals surface area (Å²) in [5.41, 5.74) is 3.22. The second-order valence-electron chi connectivity index (χ2n) is 7.92. The van der Waals surface area contributed by atoms with Gasteiger partial charge in [-0.25, -0.2) is 0 Å². The van der Waals surface area contributed by atoms with Gasteiger partial charge < -0.3 is 15.0 Å². The van der Waals surface area contributed by atoms with Gasteiger partial charge >= 0.3 is 0 Å². The molecule has 4 rings (SSSR count). The maximum Gasteiger partial charge on any atom is 0.259 e. The van der Waals surface area contributed by atoms with Crippen molar-refractivity contribution in [2.24, 2.45) is 0 Å². The Morgan fingerprint density at radius 1 is 1.14 bits per heavy atom. The van der Waals surface area contributed by atoms with Gasteiger partial charge in [0.15, 0.2) is 0 Å². The smallest absolute Gasteiger partial charge is 0.259 e. The summed E-state index contributed by atoms with van der Waals surface area (Å²) in [7, 11) is 0. The average Bonchev–Trinajstić information content (AvgIpc) is 3.00. The Balaban J connectivity index is 1.63. The molecule has 1 heterocycles. The van der Waals surface area contributed by atoms with E-state index >= 15 is 0 Å². The largest absolute Gasteiger partial charge is 0.367 e. The molecule has 1 atom stereocenters. The van der Waals surface area contributed by atoms with E-state index < -0.39 is 0 Å². The standard InChI is InChI=1S/C28H23N3O3S/c1-3-14-34-15-13-31-24-12-11-22(17-26(24)35-25-10-5-4-9-23(25)28(31)33)30-27(32)21-8-6-7-20(16-21)19(2)18-29/h1,4-12,16-17,19H,13-15H2,2H3,(H,30,32). The zero-order valence-corrected chi connectivity index (χ0v) is 20.0. The third-order valence-corrected chi connectivity index (χ3v) is 6.70. The Morgan fingerprint density at radius 3 is 2.77 bits per heavy atom. The molecule has 0 saturated heterocycles. The van der Waals surface area contributed by atoms with E-state index in [-0.39, 0.29) is 24.3 Å². The van der Waals surface area contributed by atoms with Crippen LogP contribution < -0.4 is 10.2 Å². The topological polar surface area (TPSA) is 82.4 Å². The average molecular weight is 482 g/mol. The highest BCUT2D eigenvalue weighted by molar-refractivity contribution is 7.99. The minimum Gasteiger partial charge on any atom is -0.367 e. The predicted molar refractivity (Wildman–Crippen MR) is 137 cm³/mol. The predicted octanol–water partition coefficient (Wildman–Crippen LogP) is 5.33. The number of hydrogen-bond donors (Lipinski definition) is 1. The molecule has 0 saturated carbocycles. The van der Waals surface area contributed by atoms with Crippen LogP contribution in [0.3, 0.4) is 0 Å². The first-order chi connectivity index (χ1) is 17.0. The van der Waals surface area contributed by atoms with Crippen LogP contribution in [0.1, 0.15) is 39.1 Å². The molecule has 1 unspecified atom stereocenters. The summed E-state index contributed by atoms with van der Waals surface area (Å²) >= 11 is 1.48. The van der Waals surface area contributed by atoms with Crippen molar-refractivity contribution in [3.8, 4) is 18.4 Å². The van der Waals surface area contributed by atoms with Crippen LogP contribution >= 0.6 is 11.8 Å². The zero-order chi connectivity index (χ0) is 24.8. The fourth-order valence-corrected chi connectivity index (χ4v) is 4.86. The second kappa shape index (κ2) is 10.9. The number of carbonyl (C=O) groups is 2. The Labute approximate surface area is 208 Å². The van der Waals surface area contributed by atoms with Crippen molar-refractivity contribution in [2.75, 3.05) is 30.0 Å². The second-order valence-corrected chi connectivity index (χ2v) is 9.01. The monoisotopic (exact) mass is 481 g/mol. The number of rotatable bonds is 7. The van der Waals surface area contributed by atoms with Gasteiger partial charge in [-0.2, -0.15) is 5.26 Å². The highest BCUT2D eigenvalue weighted by Gasteiger charge is 2.27. The summed E-state index contributed by atoms with van der Waals surface area (Å²) in [6.07, 6.45) is 5.26. The number of nitriles is 1. The van der Waals surface area contributed by atoms with Gasteiger partial charge in [-0.05, 0) is 55.0 Å². The molecule has 6 nitrogen and oxygen atoms in total. The molecule has 1 N–H and O–H groups in total. The van der Waals surface area contributed by atoms with Gasteiger partial charge in [0.1, 0.15) is 6.61 Å². The highest BCUT2D eigenvalue weighted by atomic mass is 32.2. The lowest BCUT2D eigenvalue weighted by Crippen LogP contribution is -2.34. The van der Waals surface area contributed by atoms with E-state index in [1.165, 1.54) is 11.8 Å². The Kier molecular flexibility index (Phi) is 7.52. The van der Waals surface area contributed by atoms with Gasteiger partial charge in [0.2, 0.25) is 0 Å². The number of fused-ring (bicyclic) bond motifs is 2. The summed E-state index contributed by atoms with van der Waals surface area (Å²) in [5, 5.41) is 12.1. The van der Waals surface area contributed by atoms with Gasteiger partial charge in [-0.15, -0.1) is 6.42 Å². The van der Waals surface area contributed by atoms with Gasteiger partial charge in [0.05, 0.1) is 29.8 Å². The maximum absolute atomic E-state index is 13.3. The lowest BCUT2D eigenvalue weighted by molar-refractivity contribution is 0.0967. The quantitative estimate of drug-likeness (QED) is 0.364. The number of benzene rings is 3. The SMILES string of the molecule is C#CCOCCN1C(=O)c2ccccc2Sc2cc(NC(=O)c3cccc(C(C)C#N)c3)ccc21. The first-order valence-electron chi connectivity index (χ1n) is 11.1. The number of hydrogen-bond acceptors (Lipinski definition) is 5. The van der Waals surface area contributed by atoms with E-state index in [0.29, 0.717) is 30.0 Å². The minimum atomic E-state index is -0.306. The van der Waals surface area contributed by atoms with Crippen LogP contribution in [0.15, 0.2) is 76.5 Å². The molecule has 0 spiro atoms. The molecular formula is C28H23N3O3S. The van der Waals surface area contributed by atoms with Gasteiger partial charge in [0.25, 0.3) is 11.8 Å².